The first-order valence-electron chi connectivity index (χ1n) is 13.8. The predicted molar refractivity (Wildman–Crippen MR) is 148 cm³/mol. The molecule has 1 aromatic heterocycles. The van der Waals surface area contributed by atoms with E-state index in [-0.39, 0.29) is 40.7 Å². The number of carbonyl (C=O) groups is 1. The van der Waals surface area contributed by atoms with E-state index in [1.165, 1.54) is 17.8 Å². The molecule has 6 rings (SSSR count). The Hall–Kier alpha value is -3.37. The third-order valence-corrected chi connectivity index (χ3v) is 8.89. The van der Waals surface area contributed by atoms with Gasteiger partial charge in [-0.1, -0.05) is 50.5 Å². The predicted octanol–water partition coefficient (Wildman–Crippen LogP) is 5.23. The third-order valence-electron chi connectivity index (χ3n) is 7.78. The van der Waals surface area contributed by atoms with Crippen molar-refractivity contribution in [2.75, 3.05) is 31.4 Å². The van der Waals surface area contributed by atoms with Crippen molar-refractivity contribution in [3.05, 3.63) is 92.9 Å². The largest absolute Gasteiger partial charge is 0.487 e. The van der Waals surface area contributed by atoms with Crippen LogP contribution in [-0.4, -0.2) is 48.0 Å². The minimum absolute atomic E-state index is 0.0146. The van der Waals surface area contributed by atoms with E-state index in [0.29, 0.717) is 25.3 Å². The van der Waals surface area contributed by atoms with Gasteiger partial charge in [-0.25, -0.2) is 8.78 Å². The Morgan fingerprint density at radius 1 is 1.05 bits per heavy atom. The lowest BCUT2D eigenvalue weighted by Gasteiger charge is -2.51. The van der Waals surface area contributed by atoms with Gasteiger partial charge in [0.25, 0.3) is 5.91 Å². The van der Waals surface area contributed by atoms with Crippen LogP contribution in [0.25, 0.3) is 0 Å². The van der Waals surface area contributed by atoms with E-state index in [0.717, 1.165) is 42.2 Å². The van der Waals surface area contributed by atoms with Crippen LogP contribution in [0.2, 0.25) is 0 Å². The summed E-state index contributed by atoms with van der Waals surface area (Å²) in [6.07, 6.45) is 4.90. The minimum Gasteiger partial charge on any atom is -0.487 e. The molecule has 2 atom stereocenters. The van der Waals surface area contributed by atoms with E-state index in [4.69, 9.17) is 9.47 Å². The Labute approximate surface area is 235 Å². The summed E-state index contributed by atoms with van der Waals surface area (Å²) in [5, 5.41) is 1.96. The van der Waals surface area contributed by atoms with Crippen molar-refractivity contribution >= 4 is 17.7 Å². The first-order chi connectivity index (χ1) is 19.5. The Morgan fingerprint density at radius 3 is 2.75 bits per heavy atom. The van der Waals surface area contributed by atoms with Gasteiger partial charge < -0.3 is 14.4 Å². The third kappa shape index (κ3) is 4.56. The highest BCUT2D eigenvalue weighted by Gasteiger charge is 2.46. The molecule has 0 spiro atoms. The molecule has 0 bridgehead atoms. The molecular weight excluding hydrogens is 536 g/mol. The highest BCUT2D eigenvalue weighted by atomic mass is 32.2. The molecule has 3 aliphatic heterocycles. The van der Waals surface area contributed by atoms with Crippen LogP contribution in [0.3, 0.4) is 0 Å². The van der Waals surface area contributed by atoms with Gasteiger partial charge in [0.2, 0.25) is 5.43 Å². The fraction of sp³-hybridized carbons (Fsp3) is 0.400. The molecule has 4 heterocycles. The Bertz CT molecular complexity index is 1500. The zero-order valence-electron chi connectivity index (χ0n) is 22.3. The number of hydrogen-bond donors (Lipinski definition) is 0. The number of thioether (sulfide) groups is 1. The smallest absolute Gasteiger partial charge is 0.278 e. The molecule has 7 nitrogen and oxygen atoms in total. The fourth-order valence-corrected chi connectivity index (χ4v) is 6.93. The number of aromatic nitrogens is 1. The summed E-state index contributed by atoms with van der Waals surface area (Å²) in [5.41, 5.74) is 1.54. The van der Waals surface area contributed by atoms with Crippen LogP contribution >= 0.6 is 11.8 Å². The summed E-state index contributed by atoms with van der Waals surface area (Å²) in [5.74, 6) is -1.81. The second-order valence-corrected chi connectivity index (χ2v) is 11.2. The van der Waals surface area contributed by atoms with Crippen LogP contribution in [0.4, 0.5) is 8.78 Å². The average Bonchev–Trinajstić information content (AvgIpc) is 3.13. The molecule has 0 saturated carbocycles. The second kappa shape index (κ2) is 11.2. The number of hydrogen-bond acceptors (Lipinski definition) is 6. The van der Waals surface area contributed by atoms with Crippen molar-refractivity contribution in [3.8, 4) is 5.75 Å². The number of rotatable bonds is 7. The number of morpholine rings is 1. The summed E-state index contributed by atoms with van der Waals surface area (Å²) in [6, 6.07) is 11.3. The summed E-state index contributed by atoms with van der Waals surface area (Å²) >= 11 is 1.45. The molecular formula is C30H31F2N3O4S. The van der Waals surface area contributed by atoms with Gasteiger partial charge in [-0.3, -0.25) is 19.3 Å². The number of ether oxygens (including phenoxy) is 2. The maximum Gasteiger partial charge on any atom is 0.278 e. The molecule has 0 unspecified atom stereocenters. The Morgan fingerprint density at radius 2 is 1.90 bits per heavy atom. The van der Waals surface area contributed by atoms with E-state index in [1.54, 1.807) is 21.8 Å². The number of amides is 1. The quantitative estimate of drug-likeness (QED) is 0.365. The zero-order valence-corrected chi connectivity index (χ0v) is 23.1. The average molecular weight is 568 g/mol. The van der Waals surface area contributed by atoms with Crippen molar-refractivity contribution in [2.45, 2.75) is 55.5 Å². The van der Waals surface area contributed by atoms with Crippen LogP contribution in [0.5, 0.6) is 5.75 Å². The van der Waals surface area contributed by atoms with Crippen molar-refractivity contribution in [3.63, 3.8) is 0 Å². The maximum absolute atomic E-state index is 15.3. The van der Waals surface area contributed by atoms with Crippen molar-refractivity contribution in [2.24, 2.45) is 0 Å². The molecule has 10 heteroatoms. The Balaban J connectivity index is 1.55. The number of halogens is 2. The SMILES string of the molecule is CCCCCCOc1c2n(ccc1=O)N([C@H]1c3ccccc3SCc3c1ccc(F)c3F)[C@H]1COCCN1C2=O. The highest BCUT2D eigenvalue weighted by Crippen LogP contribution is 2.45. The van der Waals surface area contributed by atoms with E-state index >= 15 is 4.39 Å². The Kier molecular flexibility index (Phi) is 7.55. The van der Waals surface area contributed by atoms with Gasteiger partial charge in [-0.05, 0) is 29.7 Å². The van der Waals surface area contributed by atoms with Gasteiger partial charge in [-0.15, -0.1) is 11.8 Å². The maximum atomic E-state index is 15.3. The second-order valence-electron chi connectivity index (χ2n) is 10.2. The first kappa shape index (κ1) is 26.8. The van der Waals surface area contributed by atoms with Gasteiger partial charge in [-0.2, -0.15) is 0 Å². The number of pyridine rings is 1. The van der Waals surface area contributed by atoms with Gasteiger partial charge >= 0.3 is 0 Å². The molecule has 3 aromatic rings. The van der Waals surface area contributed by atoms with Gasteiger partial charge in [0.05, 0.1) is 25.9 Å². The van der Waals surface area contributed by atoms with Crippen molar-refractivity contribution < 1.29 is 23.0 Å². The normalized spacial score (nSPS) is 19.8. The number of unbranched alkanes of at least 4 members (excludes halogenated alkanes) is 3. The summed E-state index contributed by atoms with van der Waals surface area (Å²) < 4.78 is 43.3. The topological polar surface area (TPSA) is 64.0 Å². The lowest BCUT2D eigenvalue weighted by molar-refractivity contribution is -0.0198. The highest BCUT2D eigenvalue weighted by molar-refractivity contribution is 7.98. The van der Waals surface area contributed by atoms with E-state index < -0.39 is 23.8 Å². The molecule has 2 aromatic carbocycles. The van der Waals surface area contributed by atoms with Gasteiger partial charge in [0, 0.05) is 35.0 Å². The summed E-state index contributed by atoms with van der Waals surface area (Å²) in [6.45, 7) is 3.34. The molecule has 40 heavy (non-hydrogen) atoms. The molecule has 0 radical (unpaired) electrons. The molecule has 0 aliphatic carbocycles. The number of fused-ring (bicyclic) bond motifs is 4. The summed E-state index contributed by atoms with van der Waals surface area (Å²) in [4.78, 5) is 29.6. The van der Waals surface area contributed by atoms with Crippen LogP contribution in [-0.2, 0) is 10.5 Å². The molecule has 210 valence electrons. The van der Waals surface area contributed by atoms with Crippen LogP contribution in [0, 0.1) is 11.6 Å². The summed E-state index contributed by atoms with van der Waals surface area (Å²) in [7, 11) is 0. The minimum atomic E-state index is -0.900. The van der Waals surface area contributed by atoms with Crippen molar-refractivity contribution in [1.82, 2.24) is 9.58 Å². The van der Waals surface area contributed by atoms with E-state index in [2.05, 4.69) is 6.92 Å². The fourth-order valence-electron chi connectivity index (χ4n) is 5.81. The van der Waals surface area contributed by atoms with E-state index in [1.807, 2.05) is 29.3 Å². The lowest BCUT2D eigenvalue weighted by atomic mass is 9.93. The van der Waals surface area contributed by atoms with Crippen LogP contribution in [0.15, 0.2) is 58.4 Å². The monoisotopic (exact) mass is 567 g/mol. The van der Waals surface area contributed by atoms with Gasteiger partial charge in [0.1, 0.15) is 6.17 Å². The number of carbonyl (C=O) groups excluding carboxylic acids is 1. The van der Waals surface area contributed by atoms with E-state index in [9.17, 15) is 14.0 Å². The molecule has 3 aliphatic rings. The van der Waals surface area contributed by atoms with Crippen LogP contribution in [0.1, 0.15) is 65.8 Å². The number of nitrogens with zero attached hydrogens (tertiary/aromatic N) is 3. The standard InChI is InChI=1S/C30H31F2N3O4S/c1-2-3-4-7-15-39-29-23(36)12-13-34-28(29)30(37)33-14-16-38-17-25(33)35(34)27-19-10-11-22(31)26(32)21(19)18-40-24-9-6-5-8-20(24)27/h5-6,8-13,25,27H,2-4,7,14-18H2,1H3/t25-,27+/m0/s1. The molecule has 0 N–H and O–H groups in total. The van der Waals surface area contributed by atoms with Crippen molar-refractivity contribution in [1.29, 1.82) is 0 Å². The number of benzene rings is 2. The molecule has 1 fully saturated rings. The first-order valence-corrected chi connectivity index (χ1v) is 14.7. The lowest BCUT2D eigenvalue weighted by Crippen LogP contribution is -2.66. The van der Waals surface area contributed by atoms with Crippen LogP contribution < -0.4 is 15.2 Å². The van der Waals surface area contributed by atoms with Gasteiger partial charge in [0.15, 0.2) is 23.1 Å². The molecule has 1 saturated heterocycles. The zero-order chi connectivity index (χ0) is 27.8. The molecule has 1 amide bonds.